The molecule has 9 heteroatoms. The van der Waals surface area contributed by atoms with E-state index >= 15 is 0 Å². The molecule has 0 radical (unpaired) electrons. The van der Waals surface area contributed by atoms with Crippen LogP contribution in [0, 0.1) is 11.6 Å². The highest BCUT2D eigenvalue weighted by molar-refractivity contribution is 7.92. The molecule has 1 atom stereocenters. The molecule has 0 aliphatic rings. The molecule has 27 heavy (non-hydrogen) atoms. The van der Waals surface area contributed by atoms with Crippen LogP contribution in [0.4, 0.5) is 20.2 Å². The Morgan fingerprint density at radius 3 is 2.19 bits per heavy atom. The fourth-order valence-electron chi connectivity index (χ4n) is 2.23. The lowest BCUT2D eigenvalue weighted by Crippen LogP contribution is -2.33. The second kappa shape index (κ2) is 8.34. The molecule has 2 aromatic rings. The fraction of sp³-hybridized carbons (Fsp3) is 0.278. The molecule has 1 amide bonds. The first-order valence-corrected chi connectivity index (χ1v) is 9.93. The van der Waals surface area contributed by atoms with E-state index < -0.39 is 39.4 Å². The van der Waals surface area contributed by atoms with E-state index in [0.717, 1.165) is 22.7 Å². The predicted molar refractivity (Wildman–Crippen MR) is 99.4 cm³/mol. The van der Waals surface area contributed by atoms with Crippen LogP contribution in [0.15, 0.2) is 42.5 Å². The van der Waals surface area contributed by atoms with Crippen molar-refractivity contribution in [1.29, 1.82) is 0 Å². The molecule has 1 N–H and O–H groups in total. The zero-order valence-corrected chi connectivity index (χ0v) is 15.9. The standard InChI is InChI=1S/C18H20F2N2O4S/c1-4-16(18(23)21-17-14(19)6-5-7-15(17)20)26-13-10-8-12(9-11-13)22(2)27(3,24)25/h5-11,16H,4H2,1-3H3,(H,21,23)/t16-/m1/s1. The normalized spacial score (nSPS) is 12.3. The predicted octanol–water partition coefficient (Wildman–Crippen LogP) is 3.16. The van der Waals surface area contributed by atoms with E-state index in [2.05, 4.69) is 5.32 Å². The molecule has 0 saturated carbocycles. The van der Waals surface area contributed by atoms with Gasteiger partial charge >= 0.3 is 0 Å². The van der Waals surface area contributed by atoms with E-state index in [-0.39, 0.29) is 6.42 Å². The lowest BCUT2D eigenvalue weighted by atomic mass is 10.2. The number of halogens is 2. The maximum Gasteiger partial charge on any atom is 0.265 e. The van der Waals surface area contributed by atoms with Crippen LogP contribution >= 0.6 is 0 Å². The van der Waals surface area contributed by atoms with Crippen molar-refractivity contribution in [2.45, 2.75) is 19.4 Å². The topological polar surface area (TPSA) is 75.7 Å². The van der Waals surface area contributed by atoms with Gasteiger partial charge in [0.25, 0.3) is 5.91 Å². The number of anilines is 2. The summed E-state index contributed by atoms with van der Waals surface area (Å²) in [4.78, 5) is 12.3. The highest BCUT2D eigenvalue weighted by Crippen LogP contribution is 2.23. The molecule has 0 fully saturated rings. The van der Waals surface area contributed by atoms with Gasteiger partial charge in [-0.2, -0.15) is 0 Å². The van der Waals surface area contributed by atoms with Gasteiger partial charge in [0.05, 0.1) is 11.9 Å². The number of ether oxygens (including phenoxy) is 1. The van der Waals surface area contributed by atoms with Crippen molar-refractivity contribution in [2.75, 3.05) is 22.9 Å². The number of hydrogen-bond donors (Lipinski definition) is 1. The zero-order valence-electron chi connectivity index (χ0n) is 15.1. The van der Waals surface area contributed by atoms with Crippen LogP contribution in [0.25, 0.3) is 0 Å². The molecule has 0 aromatic heterocycles. The van der Waals surface area contributed by atoms with Gasteiger partial charge in [0.1, 0.15) is 23.1 Å². The van der Waals surface area contributed by atoms with Gasteiger partial charge in [0, 0.05) is 7.05 Å². The maximum atomic E-state index is 13.7. The first-order chi connectivity index (χ1) is 12.6. The van der Waals surface area contributed by atoms with Gasteiger partial charge in [0.2, 0.25) is 10.0 Å². The number of nitrogens with one attached hydrogen (secondary N) is 1. The van der Waals surface area contributed by atoms with E-state index in [1.807, 2.05) is 0 Å². The number of carbonyl (C=O) groups is 1. The summed E-state index contributed by atoms with van der Waals surface area (Å²) in [5.74, 6) is -2.15. The Morgan fingerprint density at radius 2 is 1.70 bits per heavy atom. The molecule has 0 heterocycles. The highest BCUT2D eigenvalue weighted by Gasteiger charge is 2.21. The van der Waals surface area contributed by atoms with Crippen molar-refractivity contribution in [3.63, 3.8) is 0 Å². The second-order valence-corrected chi connectivity index (χ2v) is 7.84. The Kier molecular flexibility index (Phi) is 6.37. The van der Waals surface area contributed by atoms with Crippen LogP contribution < -0.4 is 14.4 Å². The summed E-state index contributed by atoms with van der Waals surface area (Å²) in [6.07, 6.45) is 0.353. The molecule has 0 unspecified atom stereocenters. The van der Waals surface area contributed by atoms with Gasteiger partial charge in [-0.25, -0.2) is 17.2 Å². The first kappa shape index (κ1) is 20.6. The number of para-hydroxylation sites is 1. The lowest BCUT2D eigenvalue weighted by molar-refractivity contribution is -0.122. The molecule has 0 aliphatic heterocycles. The third-order valence-corrected chi connectivity index (χ3v) is 5.06. The largest absolute Gasteiger partial charge is 0.481 e. The summed E-state index contributed by atoms with van der Waals surface area (Å²) in [6.45, 7) is 1.69. The Hall–Kier alpha value is -2.68. The molecule has 0 aliphatic carbocycles. The smallest absolute Gasteiger partial charge is 0.265 e. The average Bonchev–Trinajstić information content (AvgIpc) is 2.61. The molecule has 0 spiro atoms. The monoisotopic (exact) mass is 398 g/mol. The molecule has 2 rings (SSSR count). The van der Waals surface area contributed by atoms with E-state index in [4.69, 9.17) is 4.74 Å². The summed E-state index contributed by atoms with van der Waals surface area (Å²) in [7, 11) is -1.98. The average molecular weight is 398 g/mol. The summed E-state index contributed by atoms with van der Waals surface area (Å²) < 4.78 is 57.1. The van der Waals surface area contributed by atoms with Gasteiger partial charge in [-0.1, -0.05) is 13.0 Å². The maximum absolute atomic E-state index is 13.7. The summed E-state index contributed by atoms with van der Waals surface area (Å²) in [5, 5.41) is 2.20. The first-order valence-electron chi connectivity index (χ1n) is 8.09. The third-order valence-electron chi connectivity index (χ3n) is 3.85. The van der Waals surface area contributed by atoms with Crippen molar-refractivity contribution < 1.29 is 26.7 Å². The van der Waals surface area contributed by atoms with Crippen LogP contribution in [0.3, 0.4) is 0 Å². The lowest BCUT2D eigenvalue weighted by Gasteiger charge is -2.19. The summed E-state index contributed by atoms with van der Waals surface area (Å²) in [5.41, 5.74) is -0.106. The van der Waals surface area contributed by atoms with Gasteiger partial charge < -0.3 is 10.1 Å². The molecule has 2 aromatic carbocycles. The summed E-state index contributed by atoms with van der Waals surface area (Å²) >= 11 is 0. The number of hydrogen-bond acceptors (Lipinski definition) is 4. The molecule has 146 valence electrons. The summed E-state index contributed by atoms with van der Waals surface area (Å²) in [6, 6.07) is 9.35. The van der Waals surface area contributed by atoms with Gasteiger partial charge in [0.15, 0.2) is 6.10 Å². The van der Waals surface area contributed by atoms with Crippen LogP contribution in [-0.4, -0.2) is 33.7 Å². The van der Waals surface area contributed by atoms with E-state index in [1.165, 1.54) is 37.4 Å². The van der Waals surface area contributed by atoms with Crippen LogP contribution in [-0.2, 0) is 14.8 Å². The molecule has 6 nitrogen and oxygen atoms in total. The number of benzene rings is 2. The Morgan fingerprint density at radius 1 is 1.15 bits per heavy atom. The number of rotatable bonds is 7. The van der Waals surface area contributed by atoms with Gasteiger partial charge in [-0.15, -0.1) is 0 Å². The van der Waals surface area contributed by atoms with Crippen molar-refractivity contribution in [3.05, 3.63) is 54.1 Å². The van der Waals surface area contributed by atoms with Crippen LogP contribution in [0.5, 0.6) is 5.75 Å². The highest BCUT2D eigenvalue weighted by atomic mass is 32.2. The van der Waals surface area contributed by atoms with Crippen LogP contribution in [0.2, 0.25) is 0 Å². The SMILES string of the molecule is CC[C@@H](Oc1ccc(N(C)S(C)(=O)=O)cc1)C(=O)Nc1c(F)cccc1F. The quantitative estimate of drug-likeness (QED) is 0.777. The molecular weight excluding hydrogens is 378 g/mol. The van der Waals surface area contributed by atoms with Crippen molar-refractivity contribution >= 4 is 27.3 Å². The van der Waals surface area contributed by atoms with E-state index in [0.29, 0.717) is 11.4 Å². The van der Waals surface area contributed by atoms with Crippen LogP contribution in [0.1, 0.15) is 13.3 Å². The van der Waals surface area contributed by atoms with Crippen molar-refractivity contribution in [3.8, 4) is 5.75 Å². The van der Waals surface area contributed by atoms with E-state index in [1.54, 1.807) is 6.92 Å². The minimum atomic E-state index is -3.40. The number of carbonyl (C=O) groups excluding carboxylic acids is 1. The Bertz CT molecular complexity index is 897. The molecule has 0 saturated heterocycles. The number of sulfonamides is 1. The van der Waals surface area contributed by atoms with Gasteiger partial charge in [-0.3, -0.25) is 9.10 Å². The number of nitrogens with zero attached hydrogens (tertiary/aromatic N) is 1. The van der Waals surface area contributed by atoms with E-state index in [9.17, 15) is 22.0 Å². The molecular formula is C18H20F2N2O4S. The third kappa shape index (κ3) is 5.16. The Balaban J connectivity index is 2.11. The molecule has 0 bridgehead atoms. The fourth-order valence-corrected chi connectivity index (χ4v) is 2.74. The second-order valence-electron chi connectivity index (χ2n) is 5.83. The van der Waals surface area contributed by atoms with Gasteiger partial charge in [-0.05, 0) is 42.8 Å². The minimum absolute atomic E-state index is 0.257. The van der Waals surface area contributed by atoms with Crippen molar-refractivity contribution in [1.82, 2.24) is 0 Å². The number of amides is 1. The van der Waals surface area contributed by atoms with Crippen molar-refractivity contribution in [2.24, 2.45) is 0 Å². The Labute approximate surface area is 156 Å². The zero-order chi connectivity index (χ0) is 20.2. The minimum Gasteiger partial charge on any atom is -0.481 e.